The van der Waals surface area contributed by atoms with E-state index in [1.54, 1.807) is 12.1 Å². The van der Waals surface area contributed by atoms with Crippen LogP contribution >= 0.6 is 11.5 Å². The van der Waals surface area contributed by atoms with E-state index < -0.39 is 35.3 Å². The van der Waals surface area contributed by atoms with Gasteiger partial charge in [-0.3, -0.25) is 23.9 Å². The summed E-state index contributed by atoms with van der Waals surface area (Å²) in [6, 6.07) is 7.05. The van der Waals surface area contributed by atoms with Gasteiger partial charge in [0.05, 0.1) is 34.4 Å². The largest absolute Gasteiger partial charge is 0.382 e. The number of nitrogens with zero attached hydrogens (tertiary/aromatic N) is 6. The number of nitrogen functional groups attached to an aromatic ring is 1. The van der Waals surface area contributed by atoms with Crippen LogP contribution in [-0.2, 0) is 9.53 Å². The lowest BCUT2D eigenvalue weighted by Gasteiger charge is -2.40. The van der Waals surface area contributed by atoms with Crippen molar-refractivity contribution >= 4 is 50.1 Å². The summed E-state index contributed by atoms with van der Waals surface area (Å²) in [5, 5.41) is 16.4. The predicted octanol–water partition coefficient (Wildman–Crippen LogP) is 1.71. The molecule has 2 atom stereocenters. The van der Waals surface area contributed by atoms with Crippen molar-refractivity contribution in [3.8, 4) is 5.69 Å². The van der Waals surface area contributed by atoms with E-state index in [1.165, 1.54) is 34.8 Å². The fourth-order valence-corrected chi connectivity index (χ4v) is 5.48. The monoisotopic (exact) mass is 570 g/mol. The number of anilines is 2. The molecule has 0 unspecified atom stereocenters. The zero-order chi connectivity index (χ0) is 28.3. The maximum atomic E-state index is 13.6. The third-order valence-corrected chi connectivity index (χ3v) is 7.67. The van der Waals surface area contributed by atoms with Crippen molar-refractivity contribution in [3.63, 3.8) is 0 Å². The molecule has 5 aromatic rings. The fraction of sp³-hybridized carbons (Fsp3) is 0.250. The van der Waals surface area contributed by atoms with Crippen LogP contribution in [0.15, 0.2) is 52.3 Å². The first kappa shape index (κ1) is 25.7. The Morgan fingerprint density at radius 2 is 2.00 bits per heavy atom. The molecule has 0 saturated carbocycles. The van der Waals surface area contributed by atoms with Gasteiger partial charge in [0.15, 0.2) is 11.4 Å². The summed E-state index contributed by atoms with van der Waals surface area (Å²) < 4.78 is 38.2. The molecule has 6 rings (SSSR count). The molecule has 1 amide bonds. The first-order valence-corrected chi connectivity index (χ1v) is 12.6. The Hall–Kier alpha value is -4.54. The van der Waals surface area contributed by atoms with Gasteiger partial charge in [0.1, 0.15) is 17.7 Å². The summed E-state index contributed by atoms with van der Waals surface area (Å²) >= 11 is 1.05. The number of benzene rings is 1. The molecule has 16 heteroatoms. The number of H-pyrrole nitrogens is 1. The minimum absolute atomic E-state index is 0.0149. The molecule has 1 fully saturated rings. The quantitative estimate of drug-likeness (QED) is 0.284. The molecule has 0 radical (unpaired) electrons. The van der Waals surface area contributed by atoms with Crippen molar-refractivity contribution in [3.05, 3.63) is 69.3 Å². The normalized spacial score (nSPS) is 18.7. The molecular weight excluding hydrogens is 550 g/mol. The SMILES string of the molecule is C[C@]1([C@@H](O)c2nc3ccc4c(N)nsc4c3c(=O)[nH]2)OCCN(c2ccn(-c3ccc(=O)n(C(F)F)c3)n2)C1=O. The van der Waals surface area contributed by atoms with Crippen LogP contribution < -0.4 is 21.8 Å². The molecule has 5 heterocycles. The van der Waals surface area contributed by atoms with E-state index in [2.05, 4.69) is 19.4 Å². The van der Waals surface area contributed by atoms with E-state index in [9.17, 15) is 28.3 Å². The average molecular weight is 571 g/mol. The van der Waals surface area contributed by atoms with Gasteiger partial charge in [-0.2, -0.15) is 13.2 Å². The first-order chi connectivity index (χ1) is 19.1. The number of alkyl halides is 2. The minimum atomic E-state index is -3.04. The highest BCUT2D eigenvalue weighted by atomic mass is 32.1. The number of hydrogen-bond acceptors (Lipinski definition) is 10. The van der Waals surface area contributed by atoms with Crippen LogP contribution in [-0.4, -0.2) is 58.5 Å². The smallest absolute Gasteiger partial charge is 0.321 e. The van der Waals surface area contributed by atoms with Gasteiger partial charge < -0.3 is 20.6 Å². The Balaban J connectivity index is 1.32. The average Bonchev–Trinajstić information content (AvgIpc) is 3.57. The van der Waals surface area contributed by atoms with Gasteiger partial charge in [-0.15, -0.1) is 5.10 Å². The number of halogens is 2. The van der Waals surface area contributed by atoms with Crippen LogP contribution in [0.25, 0.3) is 26.7 Å². The molecule has 0 aliphatic carbocycles. The van der Waals surface area contributed by atoms with Gasteiger partial charge in [-0.05, 0) is 36.7 Å². The van der Waals surface area contributed by atoms with E-state index in [0.29, 0.717) is 10.1 Å². The van der Waals surface area contributed by atoms with Crippen LogP contribution in [0.5, 0.6) is 0 Å². The second kappa shape index (κ2) is 9.29. The lowest BCUT2D eigenvalue weighted by atomic mass is 9.94. The number of hydrogen-bond donors (Lipinski definition) is 3. The number of aliphatic hydroxyl groups is 1. The van der Waals surface area contributed by atoms with Crippen molar-refractivity contribution in [2.24, 2.45) is 0 Å². The van der Waals surface area contributed by atoms with Crippen molar-refractivity contribution in [1.29, 1.82) is 0 Å². The van der Waals surface area contributed by atoms with Crippen molar-refractivity contribution in [2.75, 3.05) is 23.8 Å². The topological polar surface area (TPSA) is 174 Å². The van der Waals surface area contributed by atoms with Crippen LogP contribution in [0.2, 0.25) is 0 Å². The number of rotatable bonds is 5. The number of nitrogens with two attached hydrogens (primary N) is 1. The zero-order valence-electron chi connectivity index (χ0n) is 20.6. The van der Waals surface area contributed by atoms with Gasteiger partial charge in [0.2, 0.25) is 0 Å². The standard InChI is InChI=1S/C24H20F2N8O5S/c1-24(18(36)20-28-13-4-3-12-17(40-31-19(12)27)16(13)21(37)29-20)22(38)32(8-9-39-24)14-6-7-34(30-14)11-2-5-15(35)33(10-11)23(25)26/h2-7,10,18,23,36H,8-9H2,1H3,(H2,27,31)(H,28,29,37)/t18-,24+/m0/s1. The van der Waals surface area contributed by atoms with Crippen LogP contribution in [0.1, 0.15) is 25.4 Å². The van der Waals surface area contributed by atoms with Crippen molar-refractivity contribution in [2.45, 2.75) is 25.2 Å². The highest BCUT2D eigenvalue weighted by Gasteiger charge is 2.49. The predicted molar refractivity (Wildman–Crippen MR) is 141 cm³/mol. The lowest BCUT2D eigenvalue weighted by molar-refractivity contribution is -0.167. The molecule has 4 aromatic heterocycles. The number of aliphatic hydroxyl groups excluding tert-OH is 1. The van der Waals surface area contributed by atoms with Crippen molar-refractivity contribution in [1.82, 2.24) is 28.7 Å². The number of nitrogens with one attached hydrogen (secondary N) is 1. The third kappa shape index (κ3) is 3.95. The van der Waals surface area contributed by atoms with Gasteiger partial charge in [-0.1, -0.05) is 0 Å². The second-order valence-electron chi connectivity index (χ2n) is 9.20. The molecule has 1 aromatic carbocycles. The summed E-state index contributed by atoms with van der Waals surface area (Å²) in [5.74, 6) is -0.391. The number of carbonyl (C=O) groups is 1. The molecular formula is C24H20F2N8O5S. The Morgan fingerprint density at radius 3 is 2.77 bits per heavy atom. The molecule has 206 valence electrons. The Labute approximate surface area is 226 Å². The highest BCUT2D eigenvalue weighted by Crippen LogP contribution is 2.35. The van der Waals surface area contributed by atoms with E-state index in [0.717, 1.165) is 23.8 Å². The summed E-state index contributed by atoms with van der Waals surface area (Å²) in [5.41, 5.74) is 3.04. The van der Waals surface area contributed by atoms with E-state index in [4.69, 9.17) is 10.5 Å². The summed E-state index contributed by atoms with van der Waals surface area (Å²) in [4.78, 5) is 46.5. The number of pyridine rings is 1. The third-order valence-electron chi connectivity index (χ3n) is 6.77. The maximum Gasteiger partial charge on any atom is 0.321 e. The van der Waals surface area contributed by atoms with E-state index in [1.807, 2.05) is 0 Å². The number of fused-ring (bicyclic) bond motifs is 3. The van der Waals surface area contributed by atoms with Gasteiger partial charge in [0.25, 0.3) is 17.0 Å². The summed E-state index contributed by atoms with van der Waals surface area (Å²) in [6.07, 6.45) is 0.727. The van der Waals surface area contributed by atoms with Crippen LogP contribution in [0.4, 0.5) is 20.4 Å². The summed E-state index contributed by atoms with van der Waals surface area (Å²) in [7, 11) is 0. The Morgan fingerprint density at radius 1 is 1.20 bits per heavy atom. The van der Waals surface area contributed by atoms with Gasteiger partial charge in [-0.25, -0.2) is 9.67 Å². The van der Waals surface area contributed by atoms with E-state index in [-0.39, 0.29) is 51.8 Å². The molecule has 40 heavy (non-hydrogen) atoms. The fourth-order valence-electron chi connectivity index (χ4n) is 4.63. The number of morpholine rings is 1. The number of aromatic nitrogens is 6. The number of amides is 1. The van der Waals surface area contributed by atoms with E-state index >= 15 is 0 Å². The highest BCUT2D eigenvalue weighted by molar-refractivity contribution is 7.14. The van der Waals surface area contributed by atoms with Crippen LogP contribution in [0, 0.1) is 0 Å². The lowest BCUT2D eigenvalue weighted by Crippen LogP contribution is -2.58. The molecule has 0 spiro atoms. The first-order valence-electron chi connectivity index (χ1n) is 11.9. The number of aromatic amines is 1. The molecule has 1 aliphatic rings. The van der Waals surface area contributed by atoms with Gasteiger partial charge >= 0.3 is 6.55 Å². The number of carbonyl (C=O) groups excluding carboxylic acids is 1. The van der Waals surface area contributed by atoms with Crippen LogP contribution in [0.3, 0.4) is 0 Å². The molecule has 4 N–H and O–H groups in total. The van der Waals surface area contributed by atoms with Crippen molar-refractivity contribution < 1.29 is 23.4 Å². The maximum absolute atomic E-state index is 13.6. The zero-order valence-corrected chi connectivity index (χ0v) is 21.4. The molecule has 1 aliphatic heterocycles. The minimum Gasteiger partial charge on any atom is -0.382 e. The second-order valence-corrected chi connectivity index (χ2v) is 9.97. The summed E-state index contributed by atoms with van der Waals surface area (Å²) in [6.45, 7) is -1.56. The molecule has 1 saturated heterocycles. The Bertz CT molecular complexity index is 1920. The van der Waals surface area contributed by atoms with Gasteiger partial charge in [0, 0.05) is 29.9 Å². The molecule has 0 bridgehead atoms. The molecule has 13 nitrogen and oxygen atoms in total. The number of ether oxygens (including phenoxy) is 1. The Kier molecular flexibility index (Phi) is 5.97.